The minimum Gasteiger partial charge on any atom is -0.489 e. The summed E-state index contributed by atoms with van der Waals surface area (Å²) in [6.07, 6.45) is 3.55. The van der Waals surface area contributed by atoms with Gasteiger partial charge in [-0.15, -0.1) is 11.3 Å². The molecule has 0 radical (unpaired) electrons. The molecular weight excluding hydrogens is 564 g/mol. The zero-order chi connectivity index (χ0) is 26.2. The van der Waals surface area contributed by atoms with Crippen LogP contribution in [0.25, 0.3) is 0 Å². The van der Waals surface area contributed by atoms with Gasteiger partial charge in [0, 0.05) is 24.0 Å². The number of sulfonamides is 1. The standard InChI is InChI=1S/C24H22Cl2FN3O5S2/c25-20-7-15(1-5-22(20)27)11-29-16-2-3-17(29)9-18(8-16)35-23-6-4-19(10-21(23)26)37(32,33)30(34-14-31)24-12-36-13-28-24/h1,4-7,10,12-14,16-18H,2-3,8-9,11H2/t16-,17+,18?. The number of rotatable bonds is 9. The molecule has 0 N–H and O–H groups in total. The molecule has 3 heterocycles. The summed E-state index contributed by atoms with van der Waals surface area (Å²) in [6, 6.07) is 9.55. The van der Waals surface area contributed by atoms with Crippen molar-refractivity contribution in [2.24, 2.45) is 0 Å². The molecule has 2 bridgehead atoms. The van der Waals surface area contributed by atoms with Crippen LogP contribution in [0, 0.1) is 5.82 Å². The lowest BCUT2D eigenvalue weighted by atomic mass is 9.98. The molecule has 0 saturated carbocycles. The van der Waals surface area contributed by atoms with Gasteiger partial charge in [-0.05, 0) is 61.6 Å². The molecule has 2 aliphatic heterocycles. The summed E-state index contributed by atoms with van der Waals surface area (Å²) >= 11 is 13.5. The van der Waals surface area contributed by atoms with Gasteiger partial charge in [-0.25, -0.2) is 9.37 Å². The number of carbonyl (C=O) groups is 1. The molecule has 2 saturated heterocycles. The maximum Gasteiger partial charge on any atom is 0.322 e. The molecule has 2 aliphatic rings. The first kappa shape index (κ1) is 26.2. The fourth-order valence-corrected chi connectivity index (χ4v) is 7.27. The summed E-state index contributed by atoms with van der Waals surface area (Å²) in [5, 5.41) is 1.68. The van der Waals surface area contributed by atoms with Crippen molar-refractivity contribution in [3.63, 3.8) is 0 Å². The van der Waals surface area contributed by atoms with E-state index in [1.807, 2.05) is 0 Å². The quantitative estimate of drug-likeness (QED) is 0.244. The average molecular weight is 586 g/mol. The second-order valence-electron chi connectivity index (χ2n) is 8.89. The maximum atomic E-state index is 13.5. The van der Waals surface area contributed by atoms with E-state index in [2.05, 4.69) is 9.88 Å². The fraction of sp³-hybridized carbons (Fsp3) is 0.333. The Balaban J connectivity index is 1.27. The lowest BCUT2D eigenvalue weighted by Crippen LogP contribution is -2.45. The third kappa shape index (κ3) is 5.42. The summed E-state index contributed by atoms with van der Waals surface area (Å²) in [5.41, 5.74) is 2.39. The SMILES string of the molecule is O=CON(c1cscn1)S(=O)(=O)c1ccc(OC2C[C@H]3CC[C@@H](C2)N3Cc2ccc(F)c(Cl)c2)c(Cl)c1. The number of anilines is 1. The van der Waals surface area contributed by atoms with E-state index in [9.17, 15) is 17.6 Å². The highest BCUT2D eigenvalue weighted by Gasteiger charge is 2.41. The Morgan fingerprint density at radius 3 is 2.51 bits per heavy atom. The normalized spacial score (nSPS) is 21.5. The van der Waals surface area contributed by atoms with E-state index >= 15 is 0 Å². The Bertz CT molecular complexity index is 1380. The monoisotopic (exact) mass is 585 g/mol. The van der Waals surface area contributed by atoms with Crippen LogP contribution in [-0.2, 0) is 26.2 Å². The second-order valence-corrected chi connectivity index (χ2v) is 12.2. The van der Waals surface area contributed by atoms with Crippen molar-refractivity contribution in [2.45, 2.75) is 55.3 Å². The topological polar surface area (TPSA) is 89.0 Å². The largest absolute Gasteiger partial charge is 0.489 e. The third-order valence-corrected chi connectivity index (χ3v) is 9.37. The molecule has 196 valence electrons. The van der Waals surface area contributed by atoms with E-state index in [0.717, 1.165) is 42.6 Å². The molecule has 0 spiro atoms. The predicted molar refractivity (Wildman–Crippen MR) is 138 cm³/mol. The molecule has 5 rings (SSSR count). The van der Waals surface area contributed by atoms with Crippen molar-refractivity contribution < 1.29 is 27.2 Å². The van der Waals surface area contributed by atoms with Crippen molar-refractivity contribution in [2.75, 3.05) is 4.47 Å². The zero-order valence-electron chi connectivity index (χ0n) is 19.3. The Labute approximate surface area is 227 Å². The fourth-order valence-electron chi connectivity index (χ4n) is 5.01. The lowest BCUT2D eigenvalue weighted by Gasteiger charge is -2.39. The van der Waals surface area contributed by atoms with Crippen LogP contribution in [-0.4, -0.2) is 43.0 Å². The van der Waals surface area contributed by atoms with Gasteiger partial charge in [0.15, 0.2) is 5.82 Å². The lowest BCUT2D eigenvalue weighted by molar-refractivity contribution is -0.128. The molecule has 13 heteroatoms. The third-order valence-electron chi connectivity index (χ3n) is 6.65. The molecule has 1 unspecified atom stereocenters. The maximum absolute atomic E-state index is 13.5. The Morgan fingerprint density at radius 1 is 1.14 bits per heavy atom. The molecule has 8 nitrogen and oxygen atoms in total. The number of halogens is 3. The first-order chi connectivity index (χ1) is 17.8. The summed E-state index contributed by atoms with van der Waals surface area (Å²) in [4.78, 5) is 21.8. The minimum absolute atomic E-state index is 0.0152. The van der Waals surface area contributed by atoms with Gasteiger partial charge in [0.05, 0.1) is 20.5 Å². The number of aromatic nitrogens is 1. The number of benzene rings is 2. The number of hydrogen-bond acceptors (Lipinski definition) is 8. The highest BCUT2D eigenvalue weighted by Crippen LogP contribution is 2.40. The highest BCUT2D eigenvalue weighted by molar-refractivity contribution is 7.92. The van der Waals surface area contributed by atoms with Gasteiger partial charge < -0.3 is 9.57 Å². The number of hydrogen-bond donors (Lipinski definition) is 0. The molecule has 2 fully saturated rings. The molecule has 3 atom stereocenters. The highest BCUT2D eigenvalue weighted by atomic mass is 35.5. The molecule has 37 heavy (non-hydrogen) atoms. The van der Waals surface area contributed by atoms with Crippen molar-refractivity contribution in [3.8, 4) is 5.75 Å². The molecule has 1 aromatic heterocycles. The van der Waals surface area contributed by atoms with Gasteiger partial charge in [-0.3, -0.25) is 9.69 Å². The van der Waals surface area contributed by atoms with Crippen LogP contribution < -0.4 is 9.21 Å². The Kier molecular flexibility index (Phi) is 7.60. The van der Waals surface area contributed by atoms with Crippen LogP contribution >= 0.6 is 34.5 Å². The molecule has 3 aromatic rings. The van der Waals surface area contributed by atoms with Crippen molar-refractivity contribution in [3.05, 3.63) is 68.7 Å². The number of ether oxygens (including phenoxy) is 1. The molecule has 0 amide bonds. The smallest absolute Gasteiger partial charge is 0.322 e. The van der Waals surface area contributed by atoms with E-state index in [1.165, 1.54) is 35.2 Å². The van der Waals surface area contributed by atoms with Gasteiger partial charge in [0.2, 0.25) is 0 Å². The molecule has 0 aliphatic carbocycles. The summed E-state index contributed by atoms with van der Waals surface area (Å²) in [6.45, 7) is 0.703. The van der Waals surface area contributed by atoms with Gasteiger partial charge >= 0.3 is 6.47 Å². The van der Waals surface area contributed by atoms with Gasteiger partial charge in [-0.2, -0.15) is 8.42 Å². The van der Waals surface area contributed by atoms with E-state index in [-0.39, 0.29) is 33.3 Å². The van der Waals surface area contributed by atoms with Crippen LogP contribution in [0.5, 0.6) is 5.75 Å². The number of fused-ring (bicyclic) bond motifs is 2. The average Bonchev–Trinajstić information content (AvgIpc) is 3.47. The van der Waals surface area contributed by atoms with Crippen LogP contribution in [0.4, 0.5) is 10.2 Å². The first-order valence-corrected chi connectivity index (χ1v) is 14.6. The van der Waals surface area contributed by atoms with Crippen LogP contribution in [0.2, 0.25) is 10.0 Å². The van der Waals surface area contributed by atoms with Crippen LogP contribution in [0.1, 0.15) is 31.2 Å². The van der Waals surface area contributed by atoms with Gasteiger partial charge in [0.1, 0.15) is 17.7 Å². The molecular formula is C24H22Cl2FN3O5S2. The summed E-state index contributed by atoms with van der Waals surface area (Å²) in [5.74, 6) is -0.0951. The predicted octanol–water partition coefficient (Wildman–Crippen LogP) is 5.45. The van der Waals surface area contributed by atoms with Gasteiger partial charge in [0.25, 0.3) is 10.0 Å². The minimum atomic E-state index is -4.26. The van der Waals surface area contributed by atoms with E-state index < -0.39 is 15.8 Å². The number of carbonyl (C=O) groups excluding carboxylic acids is 1. The van der Waals surface area contributed by atoms with E-state index in [1.54, 1.807) is 12.1 Å². The van der Waals surface area contributed by atoms with Crippen molar-refractivity contribution in [1.29, 1.82) is 0 Å². The number of thiazole rings is 1. The second kappa shape index (κ2) is 10.7. The van der Waals surface area contributed by atoms with Crippen LogP contribution in [0.15, 0.2) is 52.2 Å². The van der Waals surface area contributed by atoms with Crippen LogP contribution in [0.3, 0.4) is 0 Å². The van der Waals surface area contributed by atoms with E-state index in [4.69, 9.17) is 32.8 Å². The van der Waals surface area contributed by atoms with Crippen molar-refractivity contribution in [1.82, 2.24) is 9.88 Å². The number of piperidine rings is 1. The summed E-state index contributed by atoms with van der Waals surface area (Å²) < 4.78 is 46.3. The Hall–Kier alpha value is -2.44. The summed E-state index contributed by atoms with van der Waals surface area (Å²) in [7, 11) is -4.26. The molecule has 2 aromatic carbocycles. The van der Waals surface area contributed by atoms with Crippen molar-refractivity contribution >= 4 is 56.9 Å². The first-order valence-electron chi connectivity index (χ1n) is 11.5. The Morgan fingerprint density at radius 2 is 1.89 bits per heavy atom. The van der Waals surface area contributed by atoms with E-state index in [0.29, 0.717) is 28.8 Å². The van der Waals surface area contributed by atoms with Gasteiger partial charge in [-0.1, -0.05) is 33.7 Å². The zero-order valence-corrected chi connectivity index (χ0v) is 22.4. The number of nitrogens with zero attached hydrogens (tertiary/aromatic N) is 3.